The van der Waals surface area contributed by atoms with Crippen molar-refractivity contribution in [3.05, 3.63) is 34.6 Å². The molecule has 0 aliphatic rings. The van der Waals surface area contributed by atoms with Crippen LogP contribution in [0.25, 0.3) is 0 Å². The lowest BCUT2D eigenvalue weighted by molar-refractivity contribution is 0.422. The average Bonchev–Trinajstić information content (AvgIpc) is 2.13. The third kappa shape index (κ3) is 4.95. The van der Waals surface area contributed by atoms with Crippen LogP contribution >= 0.6 is 11.6 Å². The van der Waals surface area contributed by atoms with Gasteiger partial charge in [-0.1, -0.05) is 17.7 Å². The minimum absolute atomic E-state index is 0.145. The summed E-state index contributed by atoms with van der Waals surface area (Å²) in [7, 11) is 0. The third-order valence-electron chi connectivity index (χ3n) is 2.29. The maximum Gasteiger partial charge on any atom is 0.124 e. The van der Waals surface area contributed by atoms with Crippen molar-refractivity contribution in [2.75, 3.05) is 6.54 Å². The maximum absolute atomic E-state index is 12.8. The Labute approximate surface area is 102 Å². The van der Waals surface area contributed by atoms with E-state index in [2.05, 4.69) is 26.1 Å². The number of rotatable bonds is 4. The molecule has 0 aliphatic carbocycles. The second kappa shape index (κ2) is 5.65. The summed E-state index contributed by atoms with van der Waals surface area (Å²) in [5.41, 5.74) is 1.16. The summed E-state index contributed by atoms with van der Waals surface area (Å²) < 4.78 is 12.8. The molecule has 1 N–H and O–H groups in total. The van der Waals surface area contributed by atoms with Crippen LogP contribution in [0.3, 0.4) is 0 Å². The van der Waals surface area contributed by atoms with Crippen molar-refractivity contribution < 1.29 is 4.39 Å². The van der Waals surface area contributed by atoms with Crippen LogP contribution in [0.1, 0.15) is 32.8 Å². The lowest BCUT2D eigenvalue weighted by atomic mass is 10.1. The summed E-state index contributed by atoms with van der Waals surface area (Å²) in [4.78, 5) is 0. The smallest absolute Gasteiger partial charge is 0.124 e. The minimum atomic E-state index is -0.276. The highest BCUT2D eigenvalue weighted by atomic mass is 35.5. The number of nitrogens with one attached hydrogen (secondary N) is 1. The van der Waals surface area contributed by atoms with Crippen LogP contribution in [0.5, 0.6) is 0 Å². The molecule has 0 saturated heterocycles. The average molecular weight is 244 g/mol. The van der Waals surface area contributed by atoms with Crippen molar-refractivity contribution in [2.24, 2.45) is 0 Å². The van der Waals surface area contributed by atoms with Gasteiger partial charge in [0, 0.05) is 10.6 Å². The van der Waals surface area contributed by atoms with Crippen LogP contribution in [0.2, 0.25) is 5.02 Å². The number of benzene rings is 1. The Balaban J connectivity index is 2.38. The molecule has 0 saturated carbocycles. The Hall–Kier alpha value is -0.600. The van der Waals surface area contributed by atoms with Gasteiger partial charge in [-0.2, -0.15) is 0 Å². The Morgan fingerprint density at radius 1 is 1.31 bits per heavy atom. The van der Waals surface area contributed by atoms with Crippen molar-refractivity contribution in [1.29, 1.82) is 0 Å². The Morgan fingerprint density at radius 2 is 2.00 bits per heavy atom. The Bertz CT molecular complexity index is 344. The molecule has 90 valence electrons. The number of aryl methyl sites for hydroxylation is 1. The van der Waals surface area contributed by atoms with Crippen LogP contribution in [-0.4, -0.2) is 12.1 Å². The fraction of sp³-hybridized carbons (Fsp3) is 0.538. The van der Waals surface area contributed by atoms with E-state index in [0.717, 1.165) is 24.9 Å². The van der Waals surface area contributed by atoms with E-state index in [1.54, 1.807) is 6.07 Å². The van der Waals surface area contributed by atoms with Crippen LogP contribution in [0, 0.1) is 5.82 Å². The summed E-state index contributed by atoms with van der Waals surface area (Å²) in [5.74, 6) is -0.276. The second-order valence-electron chi connectivity index (χ2n) is 5.02. The van der Waals surface area contributed by atoms with Gasteiger partial charge in [-0.05, 0) is 57.9 Å². The summed E-state index contributed by atoms with van der Waals surface area (Å²) >= 11 is 5.94. The second-order valence-corrected chi connectivity index (χ2v) is 5.42. The molecule has 0 radical (unpaired) electrons. The molecule has 0 unspecified atom stereocenters. The summed E-state index contributed by atoms with van der Waals surface area (Å²) in [6.07, 6.45) is 1.88. The van der Waals surface area contributed by atoms with Gasteiger partial charge in [0.15, 0.2) is 0 Å². The van der Waals surface area contributed by atoms with Gasteiger partial charge in [-0.3, -0.25) is 0 Å². The van der Waals surface area contributed by atoms with Gasteiger partial charge < -0.3 is 5.32 Å². The minimum Gasteiger partial charge on any atom is -0.312 e. The fourth-order valence-corrected chi connectivity index (χ4v) is 1.73. The normalized spacial score (nSPS) is 11.8. The first-order chi connectivity index (χ1) is 7.38. The molecule has 1 aromatic rings. The molecular formula is C13H19ClFN. The van der Waals surface area contributed by atoms with E-state index in [-0.39, 0.29) is 11.4 Å². The summed E-state index contributed by atoms with van der Waals surface area (Å²) in [6.45, 7) is 7.35. The maximum atomic E-state index is 12.8. The monoisotopic (exact) mass is 243 g/mol. The van der Waals surface area contributed by atoms with E-state index >= 15 is 0 Å². The van der Waals surface area contributed by atoms with Crippen LogP contribution in [0.4, 0.5) is 4.39 Å². The topological polar surface area (TPSA) is 12.0 Å². The van der Waals surface area contributed by atoms with Crippen LogP contribution in [0.15, 0.2) is 18.2 Å². The molecule has 0 amide bonds. The first kappa shape index (κ1) is 13.5. The van der Waals surface area contributed by atoms with Crippen molar-refractivity contribution in [3.63, 3.8) is 0 Å². The number of hydrogen-bond donors (Lipinski definition) is 1. The zero-order chi connectivity index (χ0) is 12.2. The highest BCUT2D eigenvalue weighted by Gasteiger charge is 2.08. The lowest BCUT2D eigenvalue weighted by Gasteiger charge is -2.20. The van der Waals surface area contributed by atoms with Crippen molar-refractivity contribution in [2.45, 2.75) is 39.2 Å². The van der Waals surface area contributed by atoms with Crippen molar-refractivity contribution >= 4 is 11.6 Å². The molecule has 3 heteroatoms. The number of halogens is 2. The third-order valence-corrected chi connectivity index (χ3v) is 2.65. The van der Waals surface area contributed by atoms with Crippen LogP contribution in [-0.2, 0) is 6.42 Å². The number of hydrogen-bond acceptors (Lipinski definition) is 1. The molecule has 0 aliphatic heterocycles. The molecule has 0 heterocycles. The van der Waals surface area contributed by atoms with Gasteiger partial charge in [0.1, 0.15) is 5.82 Å². The molecule has 16 heavy (non-hydrogen) atoms. The first-order valence-corrected chi connectivity index (χ1v) is 5.95. The van der Waals surface area contributed by atoms with E-state index in [9.17, 15) is 4.39 Å². The predicted molar refractivity (Wildman–Crippen MR) is 67.5 cm³/mol. The molecule has 0 aromatic heterocycles. The van der Waals surface area contributed by atoms with Gasteiger partial charge in [0.2, 0.25) is 0 Å². The Kier molecular flexibility index (Phi) is 4.75. The fourth-order valence-electron chi connectivity index (χ4n) is 1.47. The van der Waals surface area contributed by atoms with Gasteiger partial charge in [-0.25, -0.2) is 4.39 Å². The first-order valence-electron chi connectivity index (χ1n) is 5.57. The standard InChI is InChI=1S/C13H19ClFN/c1-13(2,3)16-8-4-5-10-6-7-11(15)9-12(10)14/h6-7,9,16H,4-5,8H2,1-3H3. The lowest BCUT2D eigenvalue weighted by Crippen LogP contribution is -2.36. The molecular weight excluding hydrogens is 225 g/mol. The highest BCUT2D eigenvalue weighted by Crippen LogP contribution is 2.18. The van der Waals surface area contributed by atoms with Gasteiger partial charge >= 0.3 is 0 Å². The van der Waals surface area contributed by atoms with E-state index in [0.29, 0.717) is 5.02 Å². The zero-order valence-electron chi connectivity index (χ0n) is 10.1. The molecule has 0 fully saturated rings. The van der Waals surface area contributed by atoms with Gasteiger partial charge in [0.25, 0.3) is 0 Å². The Morgan fingerprint density at radius 3 is 2.56 bits per heavy atom. The van der Waals surface area contributed by atoms with E-state index < -0.39 is 0 Å². The van der Waals surface area contributed by atoms with E-state index in [1.165, 1.54) is 12.1 Å². The van der Waals surface area contributed by atoms with Crippen LogP contribution < -0.4 is 5.32 Å². The molecule has 0 spiro atoms. The largest absolute Gasteiger partial charge is 0.312 e. The van der Waals surface area contributed by atoms with Crippen molar-refractivity contribution in [3.8, 4) is 0 Å². The molecule has 0 atom stereocenters. The quantitative estimate of drug-likeness (QED) is 0.794. The van der Waals surface area contributed by atoms with E-state index in [4.69, 9.17) is 11.6 Å². The molecule has 1 rings (SSSR count). The zero-order valence-corrected chi connectivity index (χ0v) is 10.9. The summed E-state index contributed by atoms with van der Waals surface area (Å²) in [5, 5.41) is 3.93. The highest BCUT2D eigenvalue weighted by molar-refractivity contribution is 6.31. The van der Waals surface area contributed by atoms with Gasteiger partial charge in [0.05, 0.1) is 0 Å². The van der Waals surface area contributed by atoms with E-state index in [1.807, 2.05) is 0 Å². The summed E-state index contributed by atoms with van der Waals surface area (Å²) in [6, 6.07) is 4.58. The van der Waals surface area contributed by atoms with Crippen molar-refractivity contribution in [1.82, 2.24) is 5.32 Å². The molecule has 0 bridgehead atoms. The SMILES string of the molecule is CC(C)(C)NCCCc1ccc(F)cc1Cl. The molecule has 1 aromatic carbocycles. The molecule has 1 nitrogen and oxygen atoms in total. The van der Waals surface area contributed by atoms with Gasteiger partial charge in [-0.15, -0.1) is 0 Å². The predicted octanol–water partition coefficient (Wildman–Crippen LogP) is 3.80.